The summed E-state index contributed by atoms with van der Waals surface area (Å²) >= 11 is 0. The van der Waals surface area contributed by atoms with Crippen LogP contribution in [0.15, 0.2) is 29.3 Å². The molecule has 7 heteroatoms. The number of aliphatic imine (C=N–C) groups is 1. The predicted octanol–water partition coefficient (Wildman–Crippen LogP) is 3.86. The Kier molecular flexibility index (Phi) is 10.1. The largest absolute Gasteiger partial charge is 0.444 e. The Labute approximate surface area is 188 Å². The Hall–Kier alpha value is -2.28. The number of nitrogens with zero attached hydrogens (tertiary/aromatic N) is 2. The Morgan fingerprint density at radius 3 is 2.35 bits per heavy atom. The lowest BCUT2D eigenvalue weighted by atomic mass is 9.93. The van der Waals surface area contributed by atoms with Crippen LogP contribution in [-0.4, -0.2) is 62.3 Å². The molecule has 1 heterocycles. The van der Waals surface area contributed by atoms with Gasteiger partial charge in [0.15, 0.2) is 5.96 Å². The maximum atomic E-state index is 11.8. The maximum Gasteiger partial charge on any atom is 0.412 e. The van der Waals surface area contributed by atoms with Crippen molar-refractivity contribution < 1.29 is 9.53 Å². The molecule has 0 aromatic heterocycles. The van der Waals surface area contributed by atoms with Gasteiger partial charge >= 0.3 is 6.09 Å². The number of carbonyl (C=O) groups is 1. The monoisotopic (exact) mass is 431 g/mol. The first-order valence-corrected chi connectivity index (χ1v) is 11.5. The minimum absolute atomic E-state index is 0.437. The van der Waals surface area contributed by atoms with Crippen molar-refractivity contribution in [2.75, 3.05) is 45.1 Å². The zero-order valence-corrected chi connectivity index (χ0v) is 20.0. The molecule has 1 aliphatic rings. The van der Waals surface area contributed by atoms with Crippen LogP contribution >= 0.6 is 0 Å². The molecule has 0 spiro atoms. The van der Waals surface area contributed by atoms with E-state index in [1.54, 1.807) is 0 Å². The maximum absolute atomic E-state index is 11.8. The average molecular weight is 432 g/mol. The van der Waals surface area contributed by atoms with Crippen LogP contribution in [-0.2, 0) is 11.2 Å². The molecule has 0 bridgehead atoms. The number of hydrogen-bond donors (Lipinski definition) is 3. The standard InChI is InChI=1S/C24H41N5O2/c1-6-29-17-13-20(14-18-29)12-16-27-22(25-5)26-15-11-19-7-9-21(10-8-19)28-23(30)31-24(2,3)4/h7-10,20H,6,11-18H2,1-5H3,(H,28,30)(H2,25,26,27). The molecular weight excluding hydrogens is 390 g/mol. The molecule has 1 fully saturated rings. The summed E-state index contributed by atoms with van der Waals surface area (Å²) in [6, 6.07) is 7.84. The number of likely N-dealkylation sites (tertiary alicyclic amines) is 1. The summed E-state index contributed by atoms with van der Waals surface area (Å²) in [5, 5.41) is 9.58. The summed E-state index contributed by atoms with van der Waals surface area (Å²) < 4.78 is 5.27. The van der Waals surface area contributed by atoms with Crippen LogP contribution in [0.2, 0.25) is 0 Å². The molecule has 7 nitrogen and oxygen atoms in total. The van der Waals surface area contributed by atoms with E-state index in [4.69, 9.17) is 4.74 Å². The van der Waals surface area contributed by atoms with Crippen molar-refractivity contribution in [2.45, 2.75) is 59.0 Å². The number of hydrogen-bond acceptors (Lipinski definition) is 4. The molecule has 0 unspecified atom stereocenters. The highest BCUT2D eigenvalue weighted by Gasteiger charge is 2.18. The molecular formula is C24H41N5O2. The van der Waals surface area contributed by atoms with E-state index in [0.717, 1.165) is 37.1 Å². The second-order valence-corrected chi connectivity index (χ2v) is 9.17. The second-order valence-electron chi connectivity index (χ2n) is 9.17. The van der Waals surface area contributed by atoms with E-state index in [9.17, 15) is 4.79 Å². The lowest BCUT2D eigenvalue weighted by molar-refractivity contribution is 0.0636. The van der Waals surface area contributed by atoms with Gasteiger partial charge in [-0.05, 0) is 89.7 Å². The minimum Gasteiger partial charge on any atom is -0.444 e. The fraction of sp³-hybridized carbons (Fsp3) is 0.667. The van der Waals surface area contributed by atoms with E-state index in [0.29, 0.717) is 0 Å². The van der Waals surface area contributed by atoms with E-state index < -0.39 is 11.7 Å². The van der Waals surface area contributed by atoms with E-state index >= 15 is 0 Å². The SMILES string of the molecule is CCN1CCC(CCNC(=NC)NCCc2ccc(NC(=O)OC(C)(C)C)cc2)CC1. The fourth-order valence-electron chi connectivity index (χ4n) is 3.71. The molecule has 1 saturated heterocycles. The summed E-state index contributed by atoms with van der Waals surface area (Å²) in [6.07, 6.45) is 4.25. The molecule has 2 rings (SSSR count). The molecule has 1 aromatic carbocycles. The van der Waals surface area contributed by atoms with Gasteiger partial charge in [0.05, 0.1) is 0 Å². The number of piperidine rings is 1. The highest BCUT2D eigenvalue weighted by atomic mass is 16.6. The topological polar surface area (TPSA) is 78.0 Å². The first-order valence-electron chi connectivity index (χ1n) is 11.5. The van der Waals surface area contributed by atoms with Gasteiger partial charge in [0.25, 0.3) is 0 Å². The third-order valence-corrected chi connectivity index (χ3v) is 5.53. The van der Waals surface area contributed by atoms with Crippen LogP contribution in [0.3, 0.4) is 0 Å². The number of guanidine groups is 1. The molecule has 0 atom stereocenters. The van der Waals surface area contributed by atoms with Gasteiger partial charge in [0, 0.05) is 25.8 Å². The van der Waals surface area contributed by atoms with Gasteiger partial charge in [-0.1, -0.05) is 19.1 Å². The average Bonchev–Trinajstić information content (AvgIpc) is 2.73. The molecule has 1 aromatic rings. The number of nitrogens with one attached hydrogen (secondary N) is 3. The van der Waals surface area contributed by atoms with Gasteiger partial charge in [-0.15, -0.1) is 0 Å². The normalized spacial score (nSPS) is 16.1. The molecule has 174 valence electrons. The second kappa shape index (κ2) is 12.5. The van der Waals surface area contributed by atoms with Crippen molar-refractivity contribution in [2.24, 2.45) is 10.9 Å². The Balaban J connectivity index is 1.64. The Morgan fingerprint density at radius 2 is 1.77 bits per heavy atom. The first-order chi connectivity index (χ1) is 14.8. The number of anilines is 1. The van der Waals surface area contributed by atoms with Gasteiger partial charge in [0.2, 0.25) is 0 Å². The van der Waals surface area contributed by atoms with E-state index in [1.807, 2.05) is 52.1 Å². The Morgan fingerprint density at radius 1 is 1.13 bits per heavy atom. The number of ether oxygens (including phenoxy) is 1. The smallest absolute Gasteiger partial charge is 0.412 e. The molecule has 3 N–H and O–H groups in total. The quantitative estimate of drug-likeness (QED) is 0.430. The van der Waals surface area contributed by atoms with Crippen LogP contribution in [0.4, 0.5) is 10.5 Å². The summed E-state index contributed by atoms with van der Waals surface area (Å²) in [5.41, 5.74) is 1.42. The van der Waals surface area contributed by atoms with Gasteiger partial charge in [-0.25, -0.2) is 4.79 Å². The molecule has 1 amide bonds. The molecule has 1 aliphatic heterocycles. The van der Waals surface area contributed by atoms with Crippen LogP contribution in [0.25, 0.3) is 0 Å². The summed E-state index contributed by atoms with van der Waals surface area (Å²) in [7, 11) is 1.81. The van der Waals surface area contributed by atoms with Crippen LogP contribution in [0, 0.1) is 5.92 Å². The lowest BCUT2D eigenvalue weighted by Crippen LogP contribution is -2.40. The van der Waals surface area contributed by atoms with E-state index in [1.165, 1.54) is 44.5 Å². The van der Waals surface area contributed by atoms with Crippen molar-refractivity contribution in [1.29, 1.82) is 0 Å². The molecule has 31 heavy (non-hydrogen) atoms. The molecule has 0 saturated carbocycles. The highest BCUT2D eigenvalue weighted by Crippen LogP contribution is 2.19. The van der Waals surface area contributed by atoms with Gasteiger partial charge in [0.1, 0.15) is 5.60 Å². The van der Waals surface area contributed by atoms with Crippen LogP contribution in [0.5, 0.6) is 0 Å². The van der Waals surface area contributed by atoms with Crippen molar-refractivity contribution in [3.8, 4) is 0 Å². The predicted molar refractivity (Wildman–Crippen MR) is 129 cm³/mol. The van der Waals surface area contributed by atoms with Crippen molar-refractivity contribution in [3.63, 3.8) is 0 Å². The van der Waals surface area contributed by atoms with Crippen LogP contribution < -0.4 is 16.0 Å². The van der Waals surface area contributed by atoms with Crippen molar-refractivity contribution >= 4 is 17.7 Å². The van der Waals surface area contributed by atoms with Gasteiger partial charge in [-0.2, -0.15) is 0 Å². The molecule has 0 radical (unpaired) electrons. The molecule has 0 aliphatic carbocycles. The van der Waals surface area contributed by atoms with Gasteiger partial charge in [-0.3, -0.25) is 10.3 Å². The van der Waals surface area contributed by atoms with Gasteiger partial charge < -0.3 is 20.3 Å². The zero-order valence-electron chi connectivity index (χ0n) is 20.0. The lowest BCUT2D eigenvalue weighted by Gasteiger charge is -2.31. The third kappa shape index (κ3) is 10.0. The number of carbonyl (C=O) groups excluding carboxylic acids is 1. The summed E-state index contributed by atoms with van der Waals surface area (Å²) in [6.45, 7) is 13.2. The Bertz CT molecular complexity index is 689. The fourth-order valence-corrected chi connectivity index (χ4v) is 3.71. The third-order valence-electron chi connectivity index (χ3n) is 5.53. The van der Waals surface area contributed by atoms with E-state index in [-0.39, 0.29) is 0 Å². The number of rotatable bonds is 8. The summed E-state index contributed by atoms with van der Waals surface area (Å²) in [5.74, 6) is 1.68. The van der Waals surface area contributed by atoms with Crippen molar-refractivity contribution in [3.05, 3.63) is 29.8 Å². The number of benzene rings is 1. The zero-order chi connectivity index (χ0) is 22.7. The number of amides is 1. The first kappa shape index (κ1) is 25.0. The van der Waals surface area contributed by atoms with Crippen LogP contribution in [0.1, 0.15) is 52.5 Å². The van der Waals surface area contributed by atoms with Crippen molar-refractivity contribution in [1.82, 2.24) is 15.5 Å². The van der Waals surface area contributed by atoms with E-state index in [2.05, 4.69) is 32.8 Å². The highest BCUT2D eigenvalue weighted by molar-refractivity contribution is 5.84. The minimum atomic E-state index is -0.505. The summed E-state index contributed by atoms with van der Waals surface area (Å²) in [4.78, 5) is 18.7.